The second-order valence-corrected chi connectivity index (χ2v) is 4.76. The molecule has 0 aliphatic heterocycles. The summed E-state index contributed by atoms with van der Waals surface area (Å²) >= 11 is 1.54. The summed E-state index contributed by atoms with van der Waals surface area (Å²) in [5.41, 5.74) is 3.16. The molecule has 0 unspecified atom stereocenters. The Morgan fingerprint density at radius 1 is 1.35 bits per heavy atom. The molecular weight excluding hydrogens is 234 g/mol. The zero-order valence-corrected chi connectivity index (χ0v) is 10.3. The van der Waals surface area contributed by atoms with Crippen LogP contribution in [0.3, 0.4) is 0 Å². The van der Waals surface area contributed by atoms with Gasteiger partial charge in [0.2, 0.25) is 0 Å². The van der Waals surface area contributed by atoms with Gasteiger partial charge in [-0.15, -0.1) is 0 Å². The molecule has 0 amide bonds. The zero-order valence-electron chi connectivity index (χ0n) is 9.51. The molecule has 0 aromatic carbocycles. The number of hydrogen-bond acceptors (Lipinski definition) is 4. The number of imidazole rings is 1. The number of aromatic nitrogens is 5. The maximum absolute atomic E-state index is 4.57. The molecule has 3 aromatic heterocycles. The number of aromatic amines is 1. The molecule has 0 fully saturated rings. The van der Waals surface area contributed by atoms with Crippen LogP contribution in [0.5, 0.6) is 0 Å². The van der Waals surface area contributed by atoms with Gasteiger partial charge in [0.15, 0.2) is 5.16 Å². The van der Waals surface area contributed by atoms with Crippen LogP contribution in [0.4, 0.5) is 0 Å². The summed E-state index contributed by atoms with van der Waals surface area (Å²) in [4.78, 5) is 8.69. The van der Waals surface area contributed by atoms with Crippen molar-refractivity contribution in [2.24, 2.45) is 0 Å². The average molecular weight is 245 g/mol. The van der Waals surface area contributed by atoms with E-state index in [4.69, 9.17) is 0 Å². The molecule has 0 saturated heterocycles. The molecule has 0 atom stereocenters. The molecule has 3 heterocycles. The lowest BCUT2D eigenvalue weighted by Gasteiger charge is -2.00. The fourth-order valence-corrected chi connectivity index (χ4v) is 2.57. The van der Waals surface area contributed by atoms with Crippen molar-refractivity contribution in [3.63, 3.8) is 0 Å². The molecule has 0 radical (unpaired) electrons. The van der Waals surface area contributed by atoms with Crippen molar-refractivity contribution in [1.82, 2.24) is 24.6 Å². The SMILES string of the molecule is Cc1nc2c(C)cccn2c1Sc1ncn[nH]1. The van der Waals surface area contributed by atoms with Gasteiger partial charge in [-0.1, -0.05) is 6.07 Å². The lowest BCUT2D eigenvalue weighted by molar-refractivity contribution is 0.955. The van der Waals surface area contributed by atoms with Crippen LogP contribution in [0.1, 0.15) is 11.3 Å². The average Bonchev–Trinajstić information content (AvgIpc) is 2.91. The lowest BCUT2D eigenvalue weighted by atomic mass is 10.3. The predicted octanol–water partition coefficient (Wildman–Crippen LogP) is 2.22. The monoisotopic (exact) mass is 245 g/mol. The van der Waals surface area contributed by atoms with Crippen molar-refractivity contribution < 1.29 is 0 Å². The van der Waals surface area contributed by atoms with Crippen molar-refractivity contribution >= 4 is 17.4 Å². The van der Waals surface area contributed by atoms with Crippen LogP contribution >= 0.6 is 11.8 Å². The van der Waals surface area contributed by atoms with Gasteiger partial charge < -0.3 is 0 Å². The van der Waals surface area contributed by atoms with Crippen molar-refractivity contribution in [3.05, 3.63) is 35.9 Å². The van der Waals surface area contributed by atoms with Gasteiger partial charge in [-0.25, -0.2) is 9.97 Å². The first-order chi connectivity index (χ1) is 8.25. The summed E-state index contributed by atoms with van der Waals surface area (Å²) in [6.07, 6.45) is 3.52. The van der Waals surface area contributed by atoms with Crippen LogP contribution in [-0.4, -0.2) is 24.6 Å². The van der Waals surface area contributed by atoms with E-state index in [0.29, 0.717) is 0 Å². The maximum atomic E-state index is 4.57. The van der Waals surface area contributed by atoms with Crippen LogP contribution < -0.4 is 0 Å². The number of rotatable bonds is 2. The first-order valence-electron chi connectivity index (χ1n) is 5.23. The lowest BCUT2D eigenvalue weighted by Crippen LogP contribution is -1.89. The smallest absolute Gasteiger partial charge is 0.189 e. The summed E-state index contributed by atoms with van der Waals surface area (Å²) < 4.78 is 2.08. The van der Waals surface area contributed by atoms with E-state index in [2.05, 4.69) is 37.6 Å². The highest BCUT2D eigenvalue weighted by molar-refractivity contribution is 7.99. The van der Waals surface area contributed by atoms with Crippen LogP contribution in [0.15, 0.2) is 34.8 Å². The van der Waals surface area contributed by atoms with Gasteiger partial charge in [0, 0.05) is 6.20 Å². The van der Waals surface area contributed by atoms with Gasteiger partial charge in [-0.05, 0) is 37.2 Å². The Hall–Kier alpha value is -1.82. The minimum absolute atomic E-state index is 0.774. The molecule has 0 saturated carbocycles. The van der Waals surface area contributed by atoms with Crippen LogP contribution in [0.25, 0.3) is 5.65 Å². The topological polar surface area (TPSA) is 58.9 Å². The van der Waals surface area contributed by atoms with Gasteiger partial charge >= 0.3 is 0 Å². The Kier molecular flexibility index (Phi) is 2.36. The fraction of sp³-hybridized carbons (Fsp3) is 0.182. The summed E-state index contributed by atoms with van der Waals surface area (Å²) in [7, 11) is 0. The molecular formula is C11H11N5S. The van der Waals surface area contributed by atoms with Crippen LogP contribution in [-0.2, 0) is 0 Å². The second kappa shape index (κ2) is 3.89. The van der Waals surface area contributed by atoms with Gasteiger partial charge in [-0.3, -0.25) is 9.50 Å². The highest BCUT2D eigenvalue weighted by Gasteiger charge is 2.12. The number of hydrogen-bond donors (Lipinski definition) is 1. The summed E-state index contributed by atoms with van der Waals surface area (Å²) in [5, 5.41) is 8.53. The minimum atomic E-state index is 0.774. The quantitative estimate of drug-likeness (QED) is 0.752. The van der Waals surface area contributed by atoms with Crippen molar-refractivity contribution in [2.45, 2.75) is 24.0 Å². The van der Waals surface area contributed by atoms with Gasteiger partial charge in [0.1, 0.15) is 17.0 Å². The number of pyridine rings is 1. The highest BCUT2D eigenvalue weighted by atomic mass is 32.2. The molecule has 5 nitrogen and oxygen atoms in total. The molecule has 0 bridgehead atoms. The molecule has 6 heteroatoms. The number of fused-ring (bicyclic) bond motifs is 1. The fourth-order valence-electron chi connectivity index (χ4n) is 1.75. The van der Waals surface area contributed by atoms with E-state index in [1.165, 1.54) is 23.7 Å². The normalized spacial score (nSPS) is 11.2. The Morgan fingerprint density at radius 2 is 2.24 bits per heavy atom. The number of H-pyrrole nitrogens is 1. The standard InChI is InChI=1S/C11H11N5S/c1-7-4-3-5-16-9(7)14-8(2)10(16)17-11-12-6-13-15-11/h3-6H,1-2H3,(H,12,13,15). The van der Waals surface area contributed by atoms with Gasteiger partial charge in [0.25, 0.3) is 0 Å². The molecule has 0 aliphatic carbocycles. The van der Waals surface area contributed by atoms with E-state index in [1.807, 2.05) is 19.2 Å². The molecule has 0 aliphatic rings. The van der Waals surface area contributed by atoms with E-state index in [9.17, 15) is 0 Å². The third kappa shape index (κ3) is 1.70. The Bertz CT molecular complexity index is 656. The summed E-state index contributed by atoms with van der Waals surface area (Å²) in [6.45, 7) is 4.07. The Balaban J connectivity index is 2.16. The van der Waals surface area contributed by atoms with E-state index in [-0.39, 0.29) is 0 Å². The van der Waals surface area contributed by atoms with Crippen molar-refractivity contribution in [2.75, 3.05) is 0 Å². The predicted molar refractivity (Wildman–Crippen MR) is 65.2 cm³/mol. The van der Waals surface area contributed by atoms with Crippen molar-refractivity contribution in [3.8, 4) is 0 Å². The molecule has 86 valence electrons. The van der Waals surface area contributed by atoms with E-state index in [0.717, 1.165) is 21.5 Å². The zero-order chi connectivity index (χ0) is 11.8. The van der Waals surface area contributed by atoms with Crippen LogP contribution in [0, 0.1) is 13.8 Å². The molecule has 1 N–H and O–H groups in total. The number of aryl methyl sites for hydroxylation is 2. The van der Waals surface area contributed by atoms with Gasteiger partial charge in [0.05, 0.1) is 5.69 Å². The van der Waals surface area contributed by atoms with E-state index >= 15 is 0 Å². The maximum Gasteiger partial charge on any atom is 0.189 e. The Labute approximate surface area is 102 Å². The van der Waals surface area contributed by atoms with E-state index in [1.54, 1.807) is 0 Å². The Morgan fingerprint density at radius 3 is 3.00 bits per heavy atom. The third-order valence-electron chi connectivity index (χ3n) is 2.55. The first kappa shape index (κ1) is 10.3. The van der Waals surface area contributed by atoms with Crippen LogP contribution in [0.2, 0.25) is 0 Å². The second-order valence-electron chi connectivity index (χ2n) is 3.78. The number of nitrogens with zero attached hydrogens (tertiary/aromatic N) is 4. The molecule has 0 spiro atoms. The van der Waals surface area contributed by atoms with Gasteiger partial charge in [-0.2, -0.15) is 5.10 Å². The minimum Gasteiger partial charge on any atom is -0.294 e. The van der Waals surface area contributed by atoms with E-state index < -0.39 is 0 Å². The molecule has 3 rings (SSSR count). The third-order valence-corrected chi connectivity index (χ3v) is 3.63. The summed E-state index contributed by atoms with van der Waals surface area (Å²) in [6, 6.07) is 4.08. The van der Waals surface area contributed by atoms with Crippen molar-refractivity contribution in [1.29, 1.82) is 0 Å². The first-order valence-corrected chi connectivity index (χ1v) is 6.05. The highest BCUT2D eigenvalue weighted by Crippen LogP contribution is 2.28. The summed E-state index contributed by atoms with van der Waals surface area (Å²) in [5.74, 6) is 0. The molecule has 3 aromatic rings. The molecule has 17 heavy (non-hydrogen) atoms. The number of nitrogens with one attached hydrogen (secondary N) is 1. The largest absolute Gasteiger partial charge is 0.294 e.